The van der Waals surface area contributed by atoms with Crippen LogP contribution in [0.2, 0.25) is 0 Å². The van der Waals surface area contributed by atoms with Gasteiger partial charge in [-0.05, 0) is 37.1 Å². The molecule has 0 fully saturated rings. The van der Waals surface area contributed by atoms with Gasteiger partial charge in [-0.3, -0.25) is 0 Å². The second kappa shape index (κ2) is 7.56. The summed E-state index contributed by atoms with van der Waals surface area (Å²) in [4.78, 5) is 11.7. The molecular weight excluding hydrogens is 284 g/mol. The summed E-state index contributed by atoms with van der Waals surface area (Å²) in [5.74, 6) is 0.952. The first kappa shape index (κ1) is 16.0. The summed E-state index contributed by atoms with van der Waals surface area (Å²) in [5.41, 5.74) is 1.45. The van der Waals surface area contributed by atoms with Crippen molar-refractivity contribution < 1.29 is 14.3 Å². The topological polar surface area (TPSA) is 100 Å². The van der Waals surface area contributed by atoms with Crippen molar-refractivity contribution in [3.8, 4) is 11.5 Å². The third-order valence-electron chi connectivity index (χ3n) is 3.15. The van der Waals surface area contributed by atoms with Crippen LogP contribution in [0.3, 0.4) is 0 Å². The lowest BCUT2D eigenvalue weighted by Crippen LogP contribution is -2.31. The molecule has 0 aliphatic heterocycles. The molecule has 1 aromatic carbocycles. The van der Waals surface area contributed by atoms with Crippen molar-refractivity contribution in [3.05, 3.63) is 30.2 Å². The van der Waals surface area contributed by atoms with Crippen molar-refractivity contribution in [3.63, 3.8) is 0 Å². The quantitative estimate of drug-likeness (QED) is 0.760. The molecule has 0 aliphatic rings. The molecule has 7 nitrogen and oxygen atoms in total. The zero-order chi connectivity index (χ0) is 15.9. The van der Waals surface area contributed by atoms with Gasteiger partial charge in [0.25, 0.3) is 0 Å². The molecule has 1 atom stereocenters. The molecule has 2 rings (SSSR count). The van der Waals surface area contributed by atoms with E-state index in [0.717, 1.165) is 5.56 Å². The number of carbonyl (C=O) groups excluding carboxylic acids is 1. The van der Waals surface area contributed by atoms with E-state index in [1.165, 1.54) is 0 Å². The predicted octanol–water partition coefficient (Wildman–Crippen LogP) is 2.33. The summed E-state index contributed by atoms with van der Waals surface area (Å²) in [6.07, 6.45) is 0.844. The maximum atomic E-state index is 11.7. The van der Waals surface area contributed by atoms with E-state index in [2.05, 4.69) is 20.8 Å². The first-order valence-corrected chi connectivity index (χ1v) is 7.22. The number of benzene rings is 1. The van der Waals surface area contributed by atoms with Gasteiger partial charge >= 0.3 is 6.03 Å². The van der Waals surface area contributed by atoms with Crippen molar-refractivity contribution in [2.45, 2.75) is 32.8 Å². The van der Waals surface area contributed by atoms with Crippen LogP contribution in [0.4, 0.5) is 10.5 Å². The fourth-order valence-electron chi connectivity index (χ4n) is 1.84. The number of nitrogens with zero attached hydrogens (tertiary/aromatic N) is 2. The summed E-state index contributed by atoms with van der Waals surface area (Å²) in [5, 5.41) is 22.5. The van der Waals surface area contributed by atoms with E-state index < -0.39 is 0 Å². The zero-order valence-corrected chi connectivity index (χ0v) is 12.7. The second-order valence-corrected chi connectivity index (χ2v) is 4.94. The molecule has 22 heavy (non-hydrogen) atoms. The maximum absolute atomic E-state index is 11.7. The maximum Gasteiger partial charge on any atom is 0.319 e. The van der Waals surface area contributed by atoms with E-state index in [1.807, 2.05) is 6.92 Å². The molecule has 0 aliphatic carbocycles. The van der Waals surface area contributed by atoms with Gasteiger partial charge in [-0.1, -0.05) is 6.92 Å². The molecule has 2 aromatic rings. The molecule has 0 saturated heterocycles. The van der Waals surface area contributed by atoms with Gasteiger partial charge in [0.15, 0.2) is 0 Å². The fraction of sp³-hybridized carbons (Fsp3) is 0.400. The summed E-state index contributed by atoms with van der Waals surface area (Å²) in [6, 6.07) is 6.81. The number of nitrogens with one attached hydrogen (secondary N) is 2. The van der Waals surface area contributed by atoms with E-state index >= 15 is 0 Å². The van der Waals surface area contributed by atoms with E-state index in [-0.39, 0.29) is 12.1 Å². The van der Waals surface area contributed by atoms with Crippen LogP contribution in [0.1, 0.15) is 25.7 Å². The second-order valence-electron chi connectivity index (χ2n) is 4.94. The molecule has 1 unspecified atom stereocenters. The Kier molecular flexibility index (Phi) is 5.48. The van der Waals surface area contributed by atoms with E-state index in [0.29, 0.717) is 36.9 Å². The van der Waals surface area contributed by atoms with Gasteiger partial charge in [0.1, 0.15) is 0 Å². The predicted molar refractivity (Wildman–Crippen MR) is 82.4 cm³/mol. The summed E-state index contributed by atoms with van der Waals surface area (Å²) < 4.78 is 5.33. The Morgan fingerprint density at radius 2 is 2.05 bits per heavy atom. The largest absolute Gasteiger partial charge is 0.421 e. The van der Waals surface area contributed by atoms with Crippen LogP contribution in [-0.2, 0) is 0 Å². The van der Waals surface area contributed by atoms with Gasteiger partial charge < -0.3 is 20.2 Å². The molecule has 0 bridgehead atoms. The van der Waals surface area contributed by atoms with Crippen LogP contribution in [-0.4, -0.2) is 34.0 Å². The average Bonchev–Trinajstić information content (AvgIpc) is 2.94. The van der Waals surface area contributed by atoms with Gasteiger partial charge in [-0.25, -0.2) is 4.79 Å². The van der Waals surface area contributed by atoms with Crippen molar-refractivity contribution in [1.82, 2.24) is 15.5 Å². The number of hydrogen-bond acceptors (Lipinski definition) is 5. The number of aromatic nitrogens is 2. The van der Waals surface area contributed by atoms with Crippen LogP contribution in [0, 0.1) is 6.92 Å². The van der Waals surface area contributed by atoms with Crippen LogP contribution in [0.5, 0.6) is 0 Å². The lowest BCUT2D eigenvalue weighted by Gasteiger charge is -2.10. The lowest BCUT2D eigenvalue weighted by atomic mass is 10.2. The number of amides is 2. The first-order valence-electron chi connectivity index (χ1n) is 7.22. The third kappa shape index (κ3) is 4.56. The molecule has 0 radical (unpaired) electrons. The molecular formula is C15H20N4O3. The SMILES string of the molecule is CCC(O)CCNC(=O)Nc1ccc(-c2nnc(C)o2)cc1. The molecule has 2 amide bonds. The third-order valence-corrected chi connectivity index (χ3v) is 3.15. The first-order chi connectivity index (χ1) is 10.6. The molecule has 3 N–H and O–H groups in total. The molecule has 0 saturated carbocycles. The van der Waals surface area contributed by atoms with Crippen LogP contribution in [0.15, 0.2) is 28.7 Å². The van der Waals surface area contributed by atoms with Crippen molar-refractivity contribution >= 4 is 11.7 Å². The van der Waals surface area contributed by atoms with Crippen LogP contribution in [0.25, 0.3) is 11.5 Å². The number of rotatable bonds is 6. The summed E-state index contributed by atoms with van der Waals surface area (Å²) >= 11 is 0. The van der Waals surface area contributed by atoms with E-state index in [9.17, 15) is 9.90 Å². The molecule has 1 aromatic heterocycles. The minimum Gasteiger partial charge on any atom is -0.421 e. The van der Waals surface area contributed by atoms with Gasteiger partial charge in [0.2, 0.25) is 11.8 Å². The summed E-state index contributed by atoms with van der Waals surface area (Å²) in [7, 11) is 0. The highest BCUT2D eigenvalue weighted by molar-refractivity contribution is 5.89. The average molecular weight is 304 g/mol. The highest BCUT2D eigenvalue weighted by atomic mass is 16.4. The number of anilines is 1. The van der Waals surface area contributed by atoms with Crippen molar-refractivity contribution in [1.29, 1.82) is 0 Å². The minimum atomic E-state index is -0.377. The number of aliphatic hydroxyl groups is 1. The zero-order valence-electron chi connectivity index (χ0n) is 12.7. The van der Waals surface area contributed by atoms with Crippen molar-refractivity contribution in [2.75, 3.05) is 11.9 Å². The Morgan fingerprint density at radius 3 is 2.64 bits per heavy atom. The van der Waals surface area contributed by atoms with Gasteiger partial charge in [-0.2, -0.15) is 0 Å². The standard InChI is InChI=1S/C15H20N4O3/c1-3-13(20)8-9-16-15(21)17-12-6-4-11(5-7-12)14-19-18-10(2)22-14/h4-7,13,20H,3,8-9H2,1-2H3,(H2,16,17,21). The number of aliphatic hydroxyl groups excluding tert-OH is 1. The van der Waals surface area contributed by atoms with Crippen LogP contribution < -0.4 is 10.6 Å². The Balaban J connectivity index is 1.84. The normalized spacial score (nSPS) is 12.0. The Bertz CT molecular complexity index is 610. The Morgan fingerprint density at radius 1 is 1.32 bits per heavy atom. The number of aryl methyl sites for hydroxylation is 1. The number of hydrogen-bond donors (Lipinski definition) is 3. The monoisotopic (exact) mass is 304 g/mol. The number of carbonyl (C=O) groups is 1. The van der Waals surface area contributed by atoms with Gasteiger partial charge in [0, 0.05) is 24.7 Å². The molecule has 118 valence electrons. The molecule has 0 spiro atoms. The van der Waals surface area contributed by atoms with Crippen LogP contribution >= 0.6 is 0 Å². The highest BCUT2D eigenvalue weighted by Crippen LogP contribution is 2.19. The number of urea groups is 1. The van der Waals surface area contributed by atoms with E-state index in [1.54, 1.807) is 31.2 Å². The summed E-state index contributed by atoms with van der Waals surface area (Å²) in [6.45, 7) is 4.06. The Labute approximate surface area is 128 Å². The van der Waals surface area contributed by atoms with E-state index in [4.69, 9.17) is 4.42 Å². The van der Waals surface area contributed by atoms with Gasteiger partial charge in [0.05, 0.1) is 6.10 Å². The highest BCUT2D eigenvalue weighted by Gasteiger charge is 2.07. The molecule has 7 heteroatoms. The lowest BCUT2D eigenvalue weighted by molar-refractivity contribution is 0.160. The van der Waals surface area contributed by atoms with Crippen molar-refractivity contribution in [2.24, 2.45) is 0 Å². The molecule has 1 heterocycles. The smallest absolute Gasteiger partial charge is 0.319 e. The Hall–Kier alpha value is -2.41. The minimum absolute atomic E-state index is 0.301. The van der Waals surface area contributed by atoms with Gasteiger partial charge in [-0.15, -0.1) is 10.2 Å². The fourth-order valence-corrected chi connectivity index (χ4v) is 1.84.